The van der Waals surface area contributed by atoms with Gasteiger partial charge in [-0.05, 0) is 31.7 Å². The largest absolute Gasteiger partial charge is 0.349 e. The summed E-state index contributed by atoms with van der Waals surface area (Å²) in [6, 6.07) is 5.94. The summed E-state index contributed by atoms with van der Waals surface area (Å²) >= 11 is 3.40. The average molecular weight is 362 g/mol. The van der Waals surface area contributed by atoms with Gasteiger partial charge in [-0.15, -0.1) is 12.4 Å². The van der Waals surface area contributed by atoms with Crippen LogP contribution in [0.2, 0.25) is 0 Å². The van der Waals surface area contributed by atoms with E-state index in [0.717, 1.165) is 21.9 Å². The fourth-order valence-electron chi connectivity index (χ4n) is 1.91. The summed E-state index contributed by atoms with van der Waals surface area (Å²) in [5, 5.41) is 13.9. The number of aromatic nitrogens is 2. The fourth-order valence-corrected chi connectivity index (χ4v) is 2.27. The predicted octanol–water partition coefficient (Wildman–Crippen LogP) is 2.48. The van der Waals surface area contributed by atoms with Gasteiger partial charge in [0.25, 0.3) is 5.91 Å². The minimum atomic E-state index is -0.158. The highest BCUT2D eigenvalue weighted by molar-refractivity contribution is 9.10. The summed E-state index contributed by atoms with van der Waals surface area (Å²) < 4.78 is 0.927. The maximum absolute atomic E-state index is 12.1. The van der Waals surface area contributed by atoms with Crippen molar-refractivity contribution in [3.63, 3.8) is 0 Å². The number of halogens is 2. The third kappa shape index (κ3) is 3.94. The van der Waals surface area contributed by atoms with Crippen LogP contribution in [0.25, 0.3) is 10.9 Å². The standard InChI is InChI=1S/C13H17BrN4O.ClH/c1-3-15-8(2)7-16-13(19)12-10-6-9(14)4-5-11(10)17-18-12;/h4-6,8,15H,3,7H2,1-2H3,(H,16,19)(H,17,18);1H/t8-;/m1./s1. The Bertz CT molecular complexity index is 587. The molecule has 0 saturated heterocycles. The van der Waals surface area contributed by atoms with Crippen LogP contribution in [0.4, 0.5) is 0 Å². The van der Waals surface area contributed by atoms with E-state index < -0.39 is 0 Å². The minimum Gasteiger partial charge on any atom is -0.349 e. The maximum atomic E-state index is 12.1. The van der Waals surface area contributed by atoms with Gasteiger partial charge in [0.2, 0.25) is 0 Å². The van der Waals surface area contributed by atoms with Crippen molar-refractivity contribution in [3.05, 3.63) is 28.4 Å². The predicted molar refractivity (Wildman–Crippen MR) is 86.5 cm³/mol. The van der Waals surface area contributed by atoms with E-state index in [4.69, 9.17) is 0 Å². The molecule has 0 aliphatic carbocycles. The number of hydrogen-bond acceptors (Lipinski definition) is 3. The average Bonchev–Trinajstić information content (AvgIpc) is 2.79. The molecule has 0 fully saturated rings. The number of rotatable bonds is 5. The molecule has 0 saturated carbocycles. The molecule has 0 spiro atoms. The van der Waals surface area contributed by atoms with Gasteiger partial charge in [-0.3, -0.25) is 9.89 Å². The lowest BCUT2D eigenvalue weighted by Crippen LogP contribution is -2.38. The number of hydrogen-bond donors (Lipinski definition) is 3. The van der Waals surface area contributed by atoms with Gasteiger partial charge in [0, 0.05) is 22.4 Å². The first-order valence-corrected chi connectivity index (χ1v) is 7.06. The second kappa shape index (κ2) is 7.61. The van der Waals surface area contributed by atoms with Crippen LogP contribution >= 0.6 is 28.3 Å². The normalized spacial score (nSPS) is 11.9. The van der Waals surface area contributed by atoms with Gasteiger partial charge in [-0.1, -0.05) is 22.9 Å². The summed E-state index contributed by atoms with van der Waals surface area (Å²) in [5.74, 6) is -0.158. The number of likely N-dealkylation sites (N-methyl/N-ethyl adjacent to an activating group) is 1. The Morgan fingerprint density at radius 3 is 2.95 bits per heavy atom. The zero-order valence-electron chi connectivity index (χ0n) is 11.4. The number of aromatic amines is 1. The molecule has 5 nitrogen and oxygen atoms in total. The van der Waals surface area contributed by atoms with Crippen molar-refractivity contribution in [2.24, 2.45) is 0 Å². The van der Waals surface area contributed by atoms with Gasteiger partial charge in [-0.25, -0.2) is 0 Å². The molecule has 1 heterocycles. The number of amides is 1. The molecule has 0 aliphatic heterocycles. The Morgan fingerprint density at radius 2 is 2.25 bits per heavy atom. The van der Waals surface area contributed by atoms with Crippen LogP contribution in [0, 0.1) is 0 Å². The molecule has 1 aromatic heterocycles. The minimum absolute atomic E-state index is 0. The Hall–Kier alpha value is -1.11. The topological polar surface area (TPSA) is 69.8 Å². The summed E-state index contributed by atoms with van der Waals surface area (Å²) in [7, 11) is 0. The van der Waals surface area contributed by atoms with Gasteiger partial charge >= 0.3 is 0 Å². The van der Waals surface area contributed by atoms with E-state index in [1.165, 1.54) is 0 Å². The third-order valence-corrected chi connectivity index (χ3v) is 3.35. The second-order valence-electron chi connectivity index (χ2n) is 4.43. The van der Waals surface area contributed by atoms with Crippen LogP contribution in [0.1, 0.15) is 24.3 Å². The van der Waals surface area contributed by atoms with E-state index in [0.29, 0.717) is 12.2 Å². The maximum Gasteiger partial charge on any atom is 0.272 e. The molecule has 0 aliphatic rings. The summed E-state index contributed by atoms with van der Waals surface area (Å²) in [4.78, 5) is 12.1. The molecule has 0 radical (unpaired) electrons. The van der Waals surface area contributed by atoms with Crippen molar-refractivity contribution in [1.82, 2.24) is 20.8 Å². The monoisotopic (exact) mass is 360 g/mol. The van der Waals surface area contributed by atoms with Crippen molar-refractivity contribution in [3.8, 4) is 0 Å². The van der Waals surface area contributed by atoms with E-state index >= 15 is 0 Å². The van der Waals surface area contributed by atoms with Gasteiger partial charge < -0.3 is 10.6 Å². The smallest absolute Gasteiger partial charge is 0.272 e. The number of nitrogens with zero attached hydrogens (tertiary/aromatic N) is 1. The van der Waals surface area contributed by atoms with Crippen molar-refractivity contribution in [1.29, 1.82) is 0 Å². The first-order valence-electron chi connectivity index (χ1n) is 6.27. The number of nitrogens with one attached hydrogen (secondary N) is 3. The van der Waals surface area contributed by atoms with Crippen LogP contribution in [-0.2, 0) is 0 Å². The SMILES string of the molecule is CCN[C@H](C)CNC(=O)c1n[nH]c2ccc(Br)cc12.Cl. The fraction of sp³-hybridized carbons (Fsp3) is 0.385. The molecule has 2 rings (SSSR count). The van der Waals surface area contributed by atoms with Crippen LogP contribution in [0.5, 0.6) is 0 Å². The number of fused-ring (bicyclic) bond motifs is 1. The van der Waals surface area contributed by atoms with E-state index in [-0.39, 0.29) is 24.4 Å². The molecule has 0 bridgehead atoms. The Kier molecular flexibility index (Phi) is 6.45. The Balaban J connectivity index is 0.00000200. The van der Waals surface area contributed by atoms with Crippen molar-refractivity contribution in [2.45, 2.75) is 19.9 Å². The van der Waals surface area contributed by atoms with Gasteiger partial charge in [0.15, 0.2) is 5.69 Å². The van der Waals surface area contributed by atoms with Crippen LogP contribution in [0.15, 0.2) is 22.7 Å². The molecule has 1 atom stereocenters. The highest BCUT2D eigenvalue weighted by Gasteiger charge is 2.14. The number of carbonyl (C=O) groups excluding carboxylic acids is 1. The van der Waals surface area contributed by atoms with Gasteiger partial charge in [0.1, 0.15) is 0 Å². The lowest BCUT2D eigenvalue weighted by atomic mass is 10.2. The molecular weight excluding hydrogens is 344 g/mol. The molecule has 2 aromatic rings. The molecule has 1 aromatic carbocycles. The molecule has 0 unspecified atom stereocenters. The van der Waals surface area contributed by atoms with Crippen molar-refractivity contribution in [2.75, 3.05) is 13.1 Å². The molecule has 110 valence electrons. The van der Waals surface area contributed by atoms with E-state index in [9.17, 15) is 4.79 Å². The Morgan fingerprint density at radius 1 is 1.50 bits per heavy atom. The zero-order valence-corrected chi connectivity index (χ0v) is 13.8. The van der Waals surface area contributed by atoms with E-state index in [1.54, 1.807) is 0 Å². The van der Waals surface area contributed by atoms with Crippen LogP contribution in [-0.4, -0.2) is 35.2 Å². The number of H-pyrrole nitrogens is 1. The second-order valence-corrected chi connectivity index (χ2v) is 5.35. The lowest BCUT2D eigenvalue weighted by Gasteiger charge is -2.12. The van der Waals surface area contributed by atoms with E-state index in [1.807, 2.05) is 32.0 Å². The third-order valence-electron chi connectivity index (χ3n) is 2.86. The highest BCUT2D eigenvalue weighted by Crippen LogP contribution is 2.20. The quantitative estimate of drug-likeness (QED) is 0.766. The summed E-state index contributed by atoms with van der Waals surface area (Å²) in [6.07, 6.45) is 0. The molecular formula is C13H18BrClN4O. The van der Waals surface area contributed by atoms with Gasteiger partial charge in [-0.2, -0.15) is 5.10 Å². The molecule has 1 amide bonds. The lowest BCUT2D eigenvalue weighted by molar-refractivity contribution is 0.0947. The summed E-state index contributed by atoms with van der Waals surface area (Å²) in [6.45, 7) is 5.53. The van der Waals surface area contributed by atoms with Crippen molar-refractivity contribution >= 4 is 45.1 Å². The summed E-state index contributed by atoms with van der Waals surface area (Å²) in [5.41, 5.74) is 1.29. The first kappa shape index (κ1) is 16.9. The van der Waals surface area contributed by atoms with Crippen molar-refractivity contribution < 1.29 is 4.79 Å². The van der Waals surface area contributed by atoms with Crippen LogP contribution in [0.3, 0.4) is 0 Å². The number of carbonyl (C=O) groups is 1. The zero-order chi connectivity index (χ0) is 13.8. The van der Waals surface area contributed by atoms with Gasteiger partial charge in [0.05, 0.1) is 5.52 Å². The van der Waals surface area contributed by atoms with E-state index in [2.05, 4.69) is 36.8 Å². The molecule has 3 N–H and O–H groups in total. The van der Waals surface area contributed by atoms with Crippen LogP contribution < -0.4 is 10.6 Å². The number of benzene rings is 1. The Labute approximate surface area is 132 Å². The first-order chi connectivity index (χ1) is 9.11. The molecule has 7 heteroatoms. The molecule has 20 heavy (non-hydrogen) atoms. The highest BCUT2D eigenvalue weighted by atomic mass is 79.9.